The largest absolute Gasteiger partial charge is 0.480 e. The fourth-order valence-electron chi connectivity index (χ4n) is 1.61. The van der Waals surface area contributed by atoms with Crippen LogP contribution in [0.5, 0.6) is 5.75 Å². The standard InChI is InChI=1S/C14H16ClN5O4/c1-14(2,3)20-18-12(17-19-20)13(23)16-8-4-5-10(9(15)6-8)24-7-11(21)22/h4-6H,7H2,1-3H3,(H,16,23)(H,21,22). The lowest BCUT2D eigenvalue weighted by atomic mass is 10.1. The van der Waals surface area contributed by atoms with Gasteiger partial charge < -0.3 is 15.2 Å². The van der Waals surface area contributed by atoms with E-state index in [0.717, 1.165) is 0 Å². The summed E-state index contributed by atoms with van der Waals surface area (Å²) in [5.74, 6) is -1.53. The van der Waals surface area contributed by atoms with Crippen LogP contribution in [0.3, 0.4) is 0 Å². The molecule has 1 aromatic heterocycles. The number of nitrogens with zero attached hydrogens (tertiary/aromatic N) is 4. The predicted molar refractivity (Wildman–Crippen MR) is 85.3 cm³/mol. The third kappa shape index (κ3) is 4.42. The highest BCUT2D eigenvalue weighted by molar-refractivity contribution is 6.32. The van der Waals surface area contributed by atoms with E-state index >= 15 is 0 Å². The van der Waals surface area contributed by atoms with Gasteiger partial charge in [0.25, 0.3) is 11.7 Å². The van der Waals surface area contributed by atoms with Gasteiger partial charge in [0.05, 0.1) is 10.6 Å². The number of ether oxygens (including phenoxy) is 1. The Morgan fingerprint density at radius 2 is 2.08 bits per heavy atom. The summed E-state index contributed by atoms with van der Waals surface area (Å²) in [4.78, 5) is 23.9. The fraction of sp³-hybridized carbons (Fsp3) is 0.357. The molecule has 0 saturated carbocycles. The van der Waals surface area contributed by atoms with Gasteiger partial charge in [0, 0.05) is 5.69 Å². The molecule has 9 nitrogen and oxygen atoms in total. The summed E-state index contributed by atoms with van der Waals surface area (Å²) >= 11 is 5.99. The molecular weight excluding hydrogens is 338 g/mol. The van der Waals surface area contributed by atoms with Crippen LogP contribution in [0.25, 0.3) is 0 Å². The Hall–Kier alpha value is -2.68. The lowest BCUT2D eigenvalue weighted by Gasteiger charge is -2.15. The number of aromatic nitrogens is 4. The summed E-state index contributed by atoms with van der Waals surface area (Å²) in [5, 5.41) is 22.9. The van der Waals surface area contributed by atoms with Gasteiger partial charge in [0.1, 0.15) is 5.75 Å². The first-order valence-electron chi connectivity index (χ1n) is 6.93. The van der Waals surface area contributed by atoms with Crippen molar-refractivity contribution in [2.24, 2.45) is 0 Å². The molecule has 0 unspecified atom stereocenters. The van der Waals surface area contributed by atoms with Crippen LogP contribution in [0.15, 0.2) is 18.2 Å². The van der Waals surface area contributed by atoms with Crippen LogP contribution < -0.4 is 10.1 Å². The molecule has 2 aromatic rings. The van der Waals surface area contributed by atoms with Gasteiger partial charge in [-0.05, 0) is 44.2 Å². The Bertz CT molecular complexity index is 769. The second-order valence-corrected chi connectivity index (χ2v) is 6.26. The number of halogens is 1. The number of carboxylic acids is 1. The van der Waals surface area contributed by atoms with Crippen LogP contribution in [-0.4, -0.2) is 43.8 Å². The molecule has 24 heavy (non-hydrogen) atoms. The molecular formula is C14H16ClN5O4. The van der Waals surface area contributed by atoms with Gasteiger partial charge in [0.2, 0.25) is 0 Å². The van der Waals surface area contributed by atoms with Crippen molar-refractivity contribution in [2.45, 2.75) is 26.3 Å². The molecule has 0 aliphatic rings. The van der Waals surface area contributed by atoms with Crippen LogP contribution in [-0.2, 0) is 10.3 Å². The van der Waals surface area contributed by atoms with Crippen LogP contribution in [0.1, 0.15) is 31.4 Å². The quantitative estimate of drug-likeness (QED) is 0.840. The summed E-state index contributed by atoms with van der Waals surface area (Å²) in [6.07, 6.45) is 0. The first-order chi connectivity index (χ1) is 11.2. The fourth-order valence-corrected chi connectivity index (χ4v) is 1.85. The van der Waals surface area contributed by atoms with E-state index in [0.29, 0.717) is 5.69 Å². The zero-order valence-electron chi connectivity index (χ0n) is 13.3. The summed E-state index contributed by atoms with van der Waals surface area (Å²) in [5.41, 5.74) is -0.00222. The van der Waals surface area contributed by atoms with Gasteiger partial charge in [-0.1, -0.05) is 11.6 Å². The number of rotatable bonds is 5. The average Bonchev–Trinajstić information content (AvgIpc) is 2.96. The van der Waals surface area contributed by atoms with Gasteiger partial charge in [0.15, 0.2) is 6.61 Å². The maximum atomic E-state index is 12.1. The van der Waals surface area contributed by atoms with E-state index in [-0.39, 0.29) is 16.6 Å². The van der Waals surface area contributed by atoms with Gasteiger partial charge in [-0.3, -0.25) is 4.79 Å². The third-order valence-corrected chi connectivity index (χ3v) is 3.05. The lowest BCUT2D eigenvalue weighted by Crippen LogP contribution is -2.25. The highest BCUT2D eigenvalue weighted by Crippen LogP contribution is 2.27. The van der Waals surface area contributed by atoms with Crippen molar-refractivity contribution in [3.8, 4) is 5.75 Å². The van der Waals surface area contributed by atoms with Crippen molar-refractivity contribution in [1.29, 1.82) is 0 Å². The maximum absolute atomic E-state index is 12.1. The van der Waals surface area contributed by atoms with Gasteiger partial charge >= 0.3 is 5.97 Å². The van der Waals surface area contributed by atoms with Gasteiger partial charge in [-0.15, -0.1) is 10.2 Å². The number of benzene rings is 1. The molecule has 128 valence electrons. The molecule has 2 N–H and O–H groups in total. The highest BCUT2D eigenvalue weighted by atomic mass is 35.5. The van der Waals surface area contributed by atoms with Crippen molar-refractivity contribution in [3.05, 3.63) is 29.0 Å². The van der Waals surface area contributed by atoms with Crippen LogP contribution >= 0.6 is 11.6 Å². The number of nitrogens with one attached hydrogen (secondary N) is 1. The summed E-state index contributed by atoms with van der Waals surface area (Å²) in [6.45, 7) is 5.13. The zero-order chi connectivity index (χ0) is 17.9. The van der Waals surface area contributed by atoms with Crippen LogP contribution in [0.2, 0.25) is 5.02 Å². The molecule has 1 heterocycles. The second kappa shape index (κ2) is 6.83. The van der Waals surface area contributed by atoms with Crippen LogP contribution in [0.4, 0.5) is 5.69 Å². The second-order valence-electron chi connectivity index (χ2n) is 5.86. The number of anilines is 1. The molecule has 2 rings (SSSR count). The van der Waals surface area contributed by atoms with E-state index < -0.39 is 24.0 Å². The minimum atomic E-state index is -1.11. The summed E-state index contributed by atoms with van der Waals surface area (Å²) < 4.78 is 5.00. The molecule has 0 atom stereocenters. The van der Waals surface area contributed by atoms with E-state index in [1.54, 1.807) is 0 Å². The van der Waals surface area contributed by atoms with Crippen molar-refractivity contribution in [2.75, 3.05) is 11.9 Å². The smallest absolute Gasteiger partial charge is 0.341 e. The third-order valence-electron chi connectivity index (χ3n) is 2.76. The maximum Gasteiger partial charge on any atom is 0.341 e. The average molecular weight is 354 g/mol. The molecule has 0 aliphatic heterocycles. The normalized spacial score (nSPS) is 11.2. The van der Waals surface area contributed by atoms with Crippen molar-refractivity contribution in [3.63, 3.8) is 0 Å². The van der Waals surface area contributed by atoms with Crippen LogP contribution in [0, 0.1) is 0 Å². The number of carboxylic acid groups (broad SMARTS) is 1. The number of carbonyl (C=O) groups is 2. The number of amides is 1. The molecule has 1 aromatic carbocycles. The summed E-state index contributed by atoms with van der Waals surface area (Å²) in [6, 6.07) is 4.42. The van der Waals surface area contributed by atoms with E-state index in [4.69, 9.17) is 21.4 Å². The van der Waals surface area contributed by atoms with E-state index in [9.17, 15) is 9.59 Å². The Labute approximate surface area is 142 Å². The Morgan fingerprint density at radius 1 is 1.38 bits per heavy atom. The predicted octanol–water partition coefficient (Wildman–Crippen LogP) is 1.80. The van der Waals surface area contributed by atoms with Crippen molar-refractivity contribution in [1.82, 2.24) is 20.2 Å². The molecule has 0 saturated heterocycles. The number of tetrazole rings is 1. The van der Waals surface area contributed by atoms with E-state index in [1.807, 2.05) is 20.8 Å². The van der Waals surface area contributed by atoms with E-state index in [1.165, 1.54) is 23.0 Å². The molecule has 10 heteroatoms. The number of hydrogen-bond donors (Lipinski definition) is 2. The number of aliphatic carboxylic acids is 1. The first kappa shape index (κ1) is 17.7. The lowest BCUT2D eigenvalue weighted by molar-refractivity contribution is -0.139. The van der Waals surface area contributed by atoms with Crippen molar-refractivity contribution >= 4 is 29.2 Å². The SMILES string of the molecule is CC(C)(C)n1nnc(C(=O)Nc2ccc(OCC(=O)O)c(Cl)c2)n1. The minimum Gasteiger partial charge on any atom is -0.480 e. The topological polar surface area (TPSA) is 119 Å². The van der Waals surface area contributed by atoms with Crippen molar-refractivity contribution < 1.29 is 19.4 Å². The zero-order valence-corrected chi connectivity index (χ0v) is 14.0. The van der Waals surface area contributed by atoms with Gasteiger partial charge in [-0.2, -0.15) is 4.80 Å². The first-order valence-corrected chi connectivity index (χ1v) is 7.30. The Morgan fingerprint density at radius 3 is 2.62 bits per heavy atom. The monoisotopic (exact) mass is 353 g/mol. The molecule has 0 bridgehead atoms. The highest BCUT2D eigenvalue weighted by Gasteiger charge is 2.20. The Kier molecular flexibility index (Phi) is 5.03. The van der Waals surface area contributed by atoms with Gasteiger partial charge in [-0.25, -0.2) is 4.79 Å². The minimum absolute atomic E-state index is 0.0766. The molecule has 0 radical (unpaired) electrons. The molecule has 0 spiro atoms. The summed E-state index contributed by atoms with van der Waals surface area (Å²) in [7, 11) is 0. The molecule has 1 amide bonds. The Balaban J connectivity index is 2.08. The number of hydrogen-bond acceptors (Lipinski definition) is 6. The number of carbonyl (C=O) groups excluding carboxylic acids is 1. The molecule has 0 aliphatic carbocycles. The molecule has 0 fully saturated rings. The van der Waals surface area contributed by atoms with E-state index in [2.05, 4.69) is 20.7 Å².